The fourth-order valence-electron chi connectivity index (χ4n) is 3.84. The molecule has 202 valence electrons. The van der Waals surface area contributed by atoms with Crippen LogP contribution in [-0.4, -0.2) is 70.2 Å². The second-order valence-electron chi connectivity index (χ2n) is 9.26. The molecule has 0 aromatic heterocycles. The van der Waals surface area contributed by atoms with Crippen molar-refractivity contribution in [2.75, 3.05) is 39.6 Å². The molecule has 0 amide bonds. The van der Waals surface area contributed by atoms with Crippen molar-refractivity contribution in [3.05, 3.63) is 12.3 Å². The van der Waals surface area contributed by atoms with Crippen LogP contribution in [0.4, 0.5) is 0 Å². The van der Waals surface area contributed by atoms with E-state index in [1.165, 1.54) is 0 Å². The maximum Gasteiger partial charge on any atom is 0.155 e. The average Bonchev–Trinajstić information content (AvgIpc) is 2.83. The van der Waals surface area contributed by atoms with E-state index >= 15 is 0 Å². The van der Waals surface area contributed by atoms with Gasteiger partial charge in [0.15, 0.2) is 6.10 Å². The van der Waals surface area contributed by atoms with E-state index < -0.39 is 0 Å². The molecule has 34 heavy (non-hydrogen) atoms. The van der Waals surface area contributed by atoms with Crippen LogP contribution in [0.2, 0.25) is 0 Å². The van der Waals surface area contributed by atoms with Crippen LogP contribution in [0.5, 0.6) is 0 Å². The highest BCUT2D eigenvalue weighted by molar-refractivity contribution is 5.09. The van der Waals surface area contributed by atoms with Gasteiger partial charge in [-0.15, -0.1) is 0 Å². The number of hydrogen-bond acceptors (Lipinski definition) is 6. The maximum atomic E-state index is 6.47. The summed E-state index contributed by atoms with van der Waals surface area (Å²) in [6, 6.07) is 0. The Kier molecular flexibility index (Phi) is 18.9. The number of rotatable bonds is 22. The number of hydrogen-bond donors (Lipinski definition) is 0. The second-order valence-corrected chi connectivity index (χ2v) is 9.26. The van der Waals surface area contributed by atoms with E-state index in [0.29, 0.717) is 38.8 Å². The monoisotopic (exact) mass is 486 g/mol. The number of ether oxygens (including phenoxy) is 6. The summed E-state index contributed by atoms with van der Waals surface area (Å²) in [6.07, 6.45) is 8.88. The third-order valence-corrected chi connectivity index (χ3v) is 6.08. The Balaban J connectivity index is 3.12. The zero-order chi connectivity index (χ0) is 25.0. The maximum absolute atomic E-state index is 6.47. The molecule has 6 nitrogen and oxygen atoms in total. The lowest BCUT2D eigenvalue weighted by atomic mass is 9.94. The molecule has 1 aliphatic rings. The fraction of sp³-hybridized carbons (Fsp3) is 0.929. The normalized spacial score (nSPS) is 23.7. The van der Waals surface area contributed by atoms with E-state index in [4.69, 9.17) is 28.4 Å². The molecule has 1 fully saturated rings. The summed E-state index contributed by atoms with van der Waals surface area (Å²) in [5.74, 6) is 0.607. The molecule has 0 radical (unpaired) electrons. The summed E-state index contributed by atoms with van der Waals surface area (Å²) >= 11 is 0. The molecule has 0 N–H and O–H groups in total. The van der Waals surface area contributed by atoms with Gasteiger partial charge >= 0.3 is 0 Å². The van der Waals surface area contributed by atoms with Crippen LogP contribution in [0.25, 0.3) is 0 Å². The Bertz CT molecular complexity index is 486. The molecule has 0 bridgehead atoms. The van der Waals surface area contributed by atoms with E-state index in [0.717, 1.165) is 70.8 Å². The third kappa shape index (κ3) is 11.9. The summed E-state index contributed by atoms with van der Waals surface area (Å²) in [4.78, 5) is 0. The van der Waals surface area contributed by atoms with Crippen molar-refractivity contribution in [3.8, 4) is 0 Å². The van der Waals surface area contributed by atoms with E-state index in [2.05, 4.69) is 41.2 Å². The minimum Gasteiger partial charge on any atom is -0.487 e. The molecule has 6 heteroatoms. The first kappa shape index (κ1) is 31.4. The Morgan fingerprint density at radius 2 is 1.18 bits per heavy atom. The van der Waals surface area contributed by atoms with Gasteiger partial charge in [-0.2, -0.15) is 0 Å². The molecular formula is C28H54O6. The standard InChI is InChI=1S/C28H54O6/c1-7-12-17-29-22-24(30-18-13-8-2)26-28(33-21-16-11-5)27(32-20-15-10-4)25(23(6)34-26)31-19-14-9-3/h24-28H,6-22H2,1-5H3/t24-,25+,26?,27?,28-/m1/s1. The molecule has 5 atom stereocenters. The van der Waals surface area contributed by atoms with E-state index in [-0.39, 0.29) is 30.5 Å². The molecule has 0 spiro atoms. The molecule has 2 unspecified atom stereocenters. The molecule has 1 aliphatic heterocycles. The van der Waals surface area contributed by atoms with Gasteiger partial charge in [0.2, 0.25) is 0 Å². The Labute approximate surface area is 210 Å². The van der Waals surface area contributed by atoms with Crippen molar-refractivity contribution in [1.29, 1.82) is 0 Å². The summed E-state index contributed by atoms with van der Waals surface area (Å²) < 4.78 is 37.9. The molecule has 1 saturated heterocycles. The van der Waals surface area contributed by atoms with Crippen LogP contribution in [0.3, 0.4) is 0 Å². The Morgan fingerprint density at radius 3 is 1.76 bits per heavy atom. The van der Waals surface area contributed by atoms with Crippen LogP contribution >= 0.6 is 0 Å². The first-order valence-electron chi connectivity index (χ1n) is 14.0. The highest BCUT2D eigenvalue weighted by atomic mass is 16.6. The summed E-state index contributed by atoms with van der Waals surface area (Å²) in [5.41, 5.74) is 0. The van der Waals surface area contributed by atoms with Gasteiger partial charge in [0.05, 0.1) is 6.61 Å². The first-order chi connectivity index (χ1) is 16.6. The van der Waals surface area contributed by atoms with Crippen LogP contribution in [0.1, 0.15) is 98.8 Å². The van der Waals surface area contributed by atoms with Gasteiger partial charge in [-0.05, 0) is 32.1 Å². The first-order valence-corrected chi connectivity index (χ1v) is 14.0. The van der Waals surface area contributed by atoms with Gasteiger partial charge in [0, 0.05) is 33.0 Å². The molecule has 0 aromatic rings. The predicted molar refractivity (Wildman–Crippen MR) is 138 cm³/mol. The molecule has 0 aromatic carbocycles. The van der Waals surface area contributed by atoms with Crippen molar-refractivity contribution in [2.45, 2.75) is 129 Å². The van der Waals surface area contributed by atoms with Gasteiger partial charge in [-0.3, -0.25) is 0 Å². The smallest absolute Gasteiger partial charge is 0.155 e. The Hall–Kier alpha value is -0.660. The van der Waals surface area contributed by atoms with Gasteiger partial charge in [-0.1, -0.05) is 73.3 Å². The lowest BCUT2D eigenvalue weighted by Crippen LogP contribution is -2.59. The Morgan fingerprint density at radius 1 is 0.676 bits per heavy atom. The molecule has 0 aliphatic carbocycles. The van der Waals surface area contributed by atoms with Crippen LogP contribution in [0.15, 0.2) is 12.3 Å². The van der Waals surface area contributed by atoms with Gasteiger partial charge < -0.3 is 28.4 Å². The number of unbranched alkanes of at least 4 members (excludes halogenated alkanes) is 5. The largest absolute Gasteiger partial charge is 0.487 e. The zero-order valence-corrected chi connectivity index (χ0v) is 22.9. The molecule has 1 rings (SSSR count). The highest BCUT2D eigenvalue weighted by Crippen LogP contribution is 2.33. The third-order valence-electron chi connectivity index (χ3n) is 6.08. The predicted octanol–water partition coefficient (Wildman–Crippen LogP) is 6.46. The average molecular weight is 487 g/mol. The van der Waals surface area contributed by atoms with Crippen molar-refractivity contribution < 1.29 is 28.4 Å². The van der Waals surface area contributed by atoms with Crippen molar-refractivity contribution in [3.63, 3.8) is 0 Å². The summed E-state index contributed by atoms with van der Waals surface area (Å²) in [6.45, 7) is 18.9. The lowest BCUT2D eigenvalue weighted by molar-refractivity contribution is -0.233. The van der Waals surface area contributed by atoms with Crippen LogP contribution in [-0.2, 0) is 28.4 Å². The highest BCUT2D eigenvalue weighted by Gasteiger charge is 2.48. The van der Waals surface area contributed by atoms with Gasteiger partial charge in [-0.25, -0.2) is 0 Å². The molecule has 0 saturated carbocycles. The topological polar surface area (TPSA) is 55.4 Å². The van der Waals surface area contributed by atoms with Crippen molar-refractivity contribution in [1.82, 2.24) is 0 Å². The minimum absolute atomic E-state index is 0.249. The summed E-state index contributed by atoms with van der Waals surface area (Å²) in [5, 5.41) is 0. The lowest BCUT2D eigenvalue weighted by Gasteiger charge is -2.45. The molecule has 1 heterocycles. The fourth-order valence-corrected chi connectivity index (χ4v) is 3.84. The van der Waals surface area contributed by atoms with E-state index in [1.54, 1.807) is 0 Å². The van der Waals surface area contributed by atoms with Crippen LogP contribution in [0, 0.1) is 0 Å². The van der Waals surface area contributed by atoms with E-state index in [9.17, 15) is 0 Å². The molecular weight excluding hydrogens is 432 g/mol. The van der Waals surface area contributed by atoms with Gasteiger partial charge in [0.1, 0.15) is 30.2 Å². The summed E-state index contributed by atoms with van der Waals surface area (Å²) in [7, 11) is 0. The minimum atomic E-state index is -0.347. The zero-order valence-electron chi connectivity index (χ0n) is 22.9. The SMILES string of the molecule is C=C1OC([C@@H](COCCCC)OCCCC)[C@@H](OCCCC)C(OCCCC)[C@H]1OCCCC. The quantitative estimate of drug-likeness (QED) is 0.164. The second kappa shape index (κ2) is 20.5. The van der Waals surface area contributed by atoms with Crippen molar-refractivity contribution in [2.24, 2.45) is 0 Å². The van der Waals surface area contributed by atoms with E-state index in [1.807, 2.05) is 0 Å². The van der Waals surface area contributed by atoms with Gasteiger partial charge in [0.25, 0.3) is 0 Å². The van der Waals surface area contributed by atoms with Crippen molar-refractivity contribution >= 4 is 0 Å². The van der Waals surface area contributed by atoms with Crippen LogP contribution < -0.4 is 0 Å².